The SMILES string of the molecule is CCC(=O)c1ccc(NCCOCC(F)F)cc1. The van der Waals surface area contributed by atoms with Gasteiger partial charge in [-0.15, -0.1) is 0 Å². The third kappa shape index (κ3) is 5.23. The quantitative estimate of drug-likeness (QED) is 0.574. The minimum absolute atomic E-state index is 0.0989. The van der Waals surface area contributed by atoms with E-state index >= 15 is 0 Å². The van der Waals surface area contributed by atoms with Crippen molar-refractivity contribution in [1.29, 1.82) is 0 Å². The second-order valence-electron chi connectivity index (χ2n) is 3.75. The largest absolute Gasteiger partial charge is 0.383 e. The van der Waals surface area contributed by atoms with Crippen LogP contribution in [0.5, 0.6) is 0 Å². The van der Waals surface area contributed by atoms with Crippen molar-refractivity contribution in [1.82, 2.24) is 0 Å². The summed E-state index contributed by atoms with van der Waals surface area (Å²) in [6.45, 7) is 1.95. The molecule has 1 N–H and O–H groups in total. The number of hydrogen-bond donors (Lipinski definition) is 1. The van der Waals surface area contributed by atoms with Crippen molar-refractivity contribution in [2.45, 2.75) is 19.8 Å². The summed E-state index contributed by atoms with van der Waals surface area (Å²) in [7, 11) is 0. The van der Waals surface area contributed by atoms with Crippen molar-refractivity contribution in [3.63, 3.8) is 0 Å². The number of halogens is 2. The van der Waals surface area contributed by atoms with E-state index in [0.717, 1.165) is 5.69 Å². The van der Waals surface area contributed by atoms with Crippen molar-refractivity contribution in [2.75, 3.05) is 25.1 Å². The molecule has 1 aromatic carbocycles. The molecular formula is C13H17F2NO2. The van der Waals surface area contributed by atoms with Crippen molar-refractivity contribution in [3.05, 3.63) is 29.8 Å². The summed E-state index contributed by atoms with van der Waals surface area (Å²) in [5.74, 6) is 0.0989. The zero-order valence-corrected chi connectivity index (χ0v) is 10.3. The molecule has 0 unspecified atom stereocenters. The molecule has 1 rings (SSSR count). The van der Waals surface area contributed by atoms with Crippen molar-refractivity contribution >= 4 is 11.5 Å². The second kappa shape index (κ2) is 7.76. The molecule has 18 heavy (non-hydrogen) atoms. The van der Waals surface area contributed by atoms with E-state index in [1.54, 1.807) is 24.3 Å². The van der Waals surface area contributed by atoms with E-state index in [2.05, 4.69) is 5.32 Å². The average molecular weight is 257 g/mol. The first-order chi connectivity index (χ1) is 8.63. The van der Waals surface area contributed by atoms with Crippen LogP contribution in [-0.4, -0.2) is 32.0 Å². The third-order valence-corrected chi connectivity index (χ3v) is 2.35. The number of nitrogens with one attached hydrogen (secondary N) is 1. The average Bonchev–Trinajstić information content (AvgIpc) is 2.38. The monoisotopic (exact) mass is 257 g/mol. The molecule has 0 radical (unpaired) electrons. The first kappa shape index (κ1) is 14.6. The van der Waals surface area contributed by atoms with E-state index in [4.69, 9.17) is 4.74 Å². The van der Waals surface area contributed by atoms with E-state index in [-0.39, 0.29) is 12.4 Å². The lowest BCUT2D eigenvalue weighted by molar-refractivity contribution is 0.0215. The van der Waals surface area contributed by atoms with Crippen molar-refractivity contribution in [2.24, 2.45) is 0 Å². The number of anilines is 1. The maximum atomic E-state index is 11.8. The first-order valence-corrected chi connectivity index (χ1v) is 5.86. The van der Waals surface area contributed by atoms with Gasteiger partial charge in [0.15, 0.2) is 5.78 Å². The highest BCUT2D eigenvalue weighted by Gasteiger charge is 2.03. The van der Waals surface area contributed by atoms with Gasteiger partial charge in [-0.1, -0.05) is 6.92 Å². The zero-order valence-electron chi connectivity index (χ0n) is 10.3. The Labute approximate surface area is 105 Å². The molecule has 100 valence electrons. The van der Waals surface area contributed by atoms with Gasteiger partial charge in [0.2, 0.25) is 0 Å². The molecule has 0 saturated heterocycles. The molecule has 0 saturated carbocycles. The molecule has 0 aromatic heterocycles. The lowest BCUT2D eigenvalue weighted by Gasteiger charge is -2.07. The highest BCUT2D eigenvalue weighted by molar-refractivity contribution is 5.96. The lowest BCUT2D eigenvalue weighted by atomic mass is 10.1. The van der Waals surface area contributed by atoms with Crippen LogP contribution in [0.15, 0.2) is 24.3 Å². The molecule has 1 aromatic rings. The Kier molecular flexibility index (Phi) is 6.28. The predicted molar refractivity (Wildman–Crippen MR) is 66.4 cm³/mol. The molecule has 0 spiro atoms. The molecule has 0 aliphatic carbocycles. The Morgan fingerprint density at radius 1 is 1.33 bits per heavy atom. The van der Waals surface area contributed by atoms with E-state index in [1.807, 2.05) is 6.92 Å². The van der Waals surface area contributed by atoms with Crippen LogP contribution in [0.25, 0.3) is 0 Å². The van der Waals surface area contributed by atoms with Gasteiger partial charge in [0.25, 0.3) is 6.43 Å². The summed E-state index contributed by atoms with van der Waals surface area (Å²) >= 11 is 0. The van der Waals surface area contributed by atoms with E-state index < -0.39 is 13.0 Å². The highest BCUT2D eigenvalue weighted by atomic mass is 19.3. The van der Waals surface area contributed by atoms with Gasteiger partial charge in [0.05, 0.1) is 6.61 Å². The van der Waals surface area contributed by atoms with Gasteiger partial charge in [-0.3, -0.25) is 4.79 Å². The molecular weight excluding hydrogens is 240 g/mol. The number of benzene rings is 1. The van der Waals surface area contributed by atoms with Crippen LogP contribution < -0.4 is 5.32 Å². The third-order valence-electron chi connectivity index (χ3n) is 2.35. The van der Waals surface area contributed by atoms with E-state index in [1.165, 1.54) is 0 Å². The number of ether oxygens (including phenoxy) is 1. The molecule has 0 bridgehead atoms. The van der Waals surface area contributed by atoms with Crippen LogP contribution in [0.4, 0.5) is 14.5 Å². The fraction of sp³-hybridized carbons (Fsp3) is 0.462. The standard InChI is InChI=1S/C13H17F2NO2/c1-2-12(17)10-3-5-11(6-4-10)16-7-8-18-9-13(14)15/h3-6,13,16H,2,7-9H2,1H3. The summed E-state index contributed by atoms with van der Waals surface area (Å²) in [6.07, 6.45) is -1.95. The van der Waals surface area contributed by atoms with Crippen LogP contribution in [-0.2, 0) is 4.74 Å². The maximum absolute atomic E-state index is 11.8. The van der Waals surface area contributed by atoms with Crippen LogP contribution in [0, 0.1) is 0 Å². The maximum Gasteiger partial charge on any atom is 0.261 e. The lowest BCUT2D eigenvalue weighted by Crippen LogP contribution is -2.13. The summed E-state index contributed by atoms with van der Waals surface area (Å²) in [5, 5.41) is 3.02. The number of ketones is 1. The molecule has 0 fully saturated rings. The Morgan fingerprint density at radius 3 is 2.56 bits per heavy atom. The fourth-order valence-corrected chi connectivity index (χ4v) is 1.42. The normalized spacial score (nSPS) is 10.7. The van der Waals surface area contributed by atoms with Crippen LogP contribution >= 0.6 is 0 Å². The van der Waals surface area contributed by atoms with Gasteiger partial charge < -0.3 is 10.1 Å². The van der Waals surface area contributed by atoms with Crippen molar-refractivity contribution in [3.8, 4) is 0 Å². The number of Topliss-reactive ketones (excluding diaryl/α,β-unsaturated/α-hetero) is 1. The summed E-state index contributed by atoms with van der Waals surface area (Å²) in [5.41, 5.74) is 1.51. The van der Waals surface area contributed by atoms with E-state index in [0.29, 0.717) is 18.5 Å². The molecule has 0 aliphatic rings. The Balaban J connectivity index is 2.29. The topological polar surface area (TPSA) is 38.3 Å². The van der Waals surface area contributed by atoms with Gasteiger partial charge >= 0.3 is 0 Å². The minimum Gasteiger partial charge on any atom is -0.383 e. The van der Waals surface area contributed by atoms with Crippen LogP contribution in [0.3, 0.4) is 0 Å². The minimum atomic E-state index is -2.43. The molecule has 5 heteroatoms. The van der Waals surface area contributed by atoms with Crippen LogP contribution in [0.1, 0.15) is 23.7 Å². The molecule has 3 nitrogen and oxygen atoms in total. The summed E-state index contributed by atoms with van der Waals surface area (Å²) in [6, 6.07) is 7.06. The predicted octanol–water partition coefficient (Wildman–Crippen LogP) is 2.97. The molecule has 0 atom stereocenters. The second-order valence-corrected chi connectivity index (χ2v) is 3.75. The first-order valence-electron chi connectivity index (χ1n) is 5.86. The number of carbonyl (C=O) groups is 1. The number of rotatable bonds is 8. The number of hydrogen-bond acceptors (Lipinski definition) is 3. The fourth-order valence-electron chi connectivity index (χ4n) is 1.42. The Bertz CT molecular complexity index is 366. The zero-order chi connectivity index (χ0) is 13.4. The number of alkyl halides is 2. The number of carbonyl (C=O) groups excluding carboxylic acids is 1. The molecule has 0 aliphatic heterocycles. The van der Waals surface area contributed by atoms with Crippen LogP contribution in [0.2, 0.25) is 0 Å². The van der Waals surface area contributed by atoms with Crippen molar-refractivity contribution < 1.29 is 18.3 Å². The van der Waals surface area contributed by atoms with Gasteiger partial charge in [-0.25, -0.2) is 8.78 Å². The smallest absolute Gasteiger partial charge is 0.261 e. The van der Waals surface area contributed by atoms with Gasteiger partial charge in [0.1, 0.15) is 6.61 Å². The summed E-state index contributed by atoms with van der Waals surface area (Å²) < 4.78 is 28.3. The Hall–Kier alpha value is -1.49. The van der Waals surface area contributed by atoms with E-state index in [9.17, 15) is 13.6 Å². The Morgan fingerprint density at radius 2 is 2.00 bits per heavy atom. The van der Waals surface area contributed by atoms with Gasteiger partial charge in [-0.05, 0) is 24.3 Å². The summed E-state index contributed by atoms with van der Waals surface area (Å²) in [4.78, 5) is 11.4. The molecule has 0 heterocycles. The van der Waals surface area contributed by atoms with Gasteiger partial charge in [0, 0.05) is 24.2 Å². The highest BCUT2D eigenvalue weighted by Crippen LogP contribution is 2.10. The van der Waals surface area contributed by atoms with Gasteiger partial charge in [-0.2, -0.15) is 0 Å². The molecule has 0 amide bonds.